The van der Waals surface area contributed by atoms with Gasteiger partial charge in [-0.1, -0.05) is 32.3 Å². The molecule has 0 saturated heterocycles. The van der Waals surface area contributed by atoms with Crippen molar-refractivity contribution >= 4 is 5.82 Å². The van der Waals surface area contributed by atoms with Crippen LogP contribution in [0, 0.1) is 0 Å². The molecule has 5 heteroatoms. The summed E-state index contributed by atoms with van der Waals surface area (Å²) in [4.78, 5) is 7.00. The van der Waals surface area contributed by atoms with Gasteiger partial charge in [-0.15, -0.1) is 0 Å². The maximum absolute atomic E-state index is 5.86. The number of benzene rings is 1. The van der Waals surface area contributed by atoms with Crippen LogP contribution in [0.25, 0.3) is 11.3 Å². The monoisotopic (exact) mass is 369 g/mol. The average Bonchev–Trinajstić information content (AvgIpc) is 2.72. The van der Waals surface area contributed by atoms with Gasteiger partial charge < -0.3 is 15.2 Å². The van der Waals surface area contributed by atoms with Gasteiger partial charge in [-0.2, -0.15) is 0 Å². The quantitative estimate of drug-likeness (QED) is 0.778. The SMILES string of the molecule is CCN(Cc1cc(OC)c(-c2cccc(N)n2)cc1OC)C1CCCCC1. The number of nitrogen functional groups attached to an aromatic ring is 1. The molecular formula is C22H31N3O2. The highest BCUT2D eigenvalue weighted by atomic mass is 16.5. The third-order valence-electron chi connectivity index (χ3n) is 5.52. The van der Waals surface area contributed by atoms with E-state index in [-0.39, 0.29) is 0 Å². The minimum Gasteiger partial charge on any atom is -0.496 e. The molecular weight excluding hydrogens is 338 g/mol. The number of methoxy groups -OCH3 is 2. The molecule has 0 amide bonds. The zero-order chi connectivity index (χ0) is 19.2. The highest BCUT2D eigenvalue weighted by molar-refractivity contribution is 5.71. The Morgan fingerprint density at radius 2 is 1.81 bits per heavy atom. The van der Waals surface area contributed by atoms with E-state index in [1.165, 1.54) is 32.1 Å². The Balaban J connectivity index is 1.93. The van der Waals surface area contributed by atoms with E-state index in [9.17, 15) is 0 Å². The second-order valence-corrected chi connectivity index (χ2v) is 7.17. The topological polar surface area (TPSA) is 60.6 Å². The average molecular weight is 370 g/mol. The van der Waals surface area contributed by atoms with Gasteiger partial charge in [0.25, 0.3) is 0 Å². The van der Waals surface area contributed by atoms with Gasteiger partial charge in [-0.25, -0.2) is 4.98 Å². The summed E-state index contributed by atoms with van der Waals surface area (Å²) in [5.41, 5.74) is 8.70. The Labute approximate surface area is 162 Å². The molecule has 2 aromatic rings. The largest absolute Gasteiger partial charge is 0.496 e. The minimum atomic E-state index is 0.493. The molecule has 0 bridgehead atoms. The summed E-state index contributed by atoms with van der Waals surface area (Å²) in [7, 11) is 3.42. The van der Waals surface area contributed by atoms with Gasteiger partial charge >= 0.3 is 0 Å². The zero-order valence-corrected chi connectivity index (χ0v) is 16.7. The fourth-order valence-corrected chi connectivity index (χ4v) is 4.05. The molecule has 1 heterocycles. The summed E-state index contributed by atoms with van der Waals surface area (Å²) >= 11 is 0. The number of nitrogens with zero attached hydrogens (tertiary/aromatic N) is 2. The summed E-state index contributed by atoms with van der Waals surface area (Å²) < 4.78 is 11.4. The van der Waals surface area contributed by atoms with Crippen LogP contribution in [0.2, 0.25) is 0 Å². The number of aromatic nitrogens is 1. The molecule has 1 saturated carbocycles. The molecule has 0 unspecified atom stereocenters. The molecule has 5 nitrogen and oxygen atoms in total. The lowest BCUT2D eigenvalue weighted by atomic mass is 9.93. The van der Waals surface area contributed by atoms with Crippen molar-refractivity contribution in [2.24, 2.45) is 0 Å². The molecule has 0 aliphatic heterocycles. The van der Waals surface area contributed by atoms with Gasteiger partial charge in [-0.05, 0) is 43.7 Å². The summed E-state index contributed by atoms with van der Waals surface area (Å²) in [5.74, 6) is 2.15. The minimum absolute atomic E-state index is 0.493. The zero-order valence-electron chi connectivity index (χ0n) is 16.7. The van der Waals surface area contributed by atoms with Crippen LogP contribution >= 0.6 is 0 Å². The third kappa shape index (κ3) is 4.53. The molecule has 1 aromatic carbocycles. The van der Waals surface area contributed by atoms with Crippen LogP contribution in [0.3, 0.4) is 0 Å². The Morgan fingerprint density at radius 3 is 2.44 bits per heavy atom. The highest BCUT2D eigenvalue weighted by Crippen LogP contribution is 2.37. The van der Waals surface area contributed by atoms with Crippen molar-refractivity contribution in [2.45, 2.75) is 51.6 Å². The van der Waals surface area contributed by atoms with Gasteiger partial charge in [0.2, 0.25) is 0 Å². The maximum Gasteiger partial charge on any atom is 0.128 e. The lowest BCUT2D eigenvalue weighted by Crippen LogP contribution is -2.36. The van der Waals surface area contributed by atoms with E-state index in [2.05, 4.69) is 22.9 Å². The van der Waals surface area contributed by atoms with Crippen molar-refractivity contribution in [1.82, 2.24) is 9.88 Å². The molecule has 0 atom stereocenters. The predicted molar refractivity (Wildman–Crippen MR) is 110 cm³/mol. The van der Waals surface area contributed by atoms with E-state index in [0.29, 0.717) is 11.9 Å². The smallest absolute Gasteiger partial charge is 0.128 e. The Morgan fingerprint density at radius 1 is 1.07 bits per heavy atom. The van der Waals surface area contributed by atoms with Crippen molar-refractivity contribution in [3.63, 3.8) is 0 Å². The van der Waals surface area contributed by atoms with Crippen LogP contribution in [0.1, 0.15) is 44.6 Å². The first-order valence-corrected chi connectivity index (χ1v) is 9.88. The molecule has 1 fully saturated rings. The molecule has 1 aromatic heterocycles. The normalized spacial score (nSPS) is 15.1. The molecule has 1 aliphatic carbocycles. The number of pyridine rings is 1. The van der Waals surface area contributed by atoms with Crippen molar-refractivity contribution < 1.29 is 9.47 Å². The first-order valence-electron chi connectivity index (χ1n) is 9.88. The summed E-state index contributed by atoms with van der Waals surface area (Å²) in [5, 5.41) is 0. The summed E-state index contributed by atoms with van der Waals surface area (Å²) in [6, 6.07) is 10.4. The van der Waals surface area contributed by atoms with Crippen molar-refractivity contribution in [3.8, 4) is 22.8 Å². The van der Waals surface area contributed by atoms with Crippen LogP contribution in [0.15, 0.2) is 30.3 Å². The van der Waals surface area contributed by atoms with E-state index in [0.717, 1.165) is 41.4 Å². The molecule has 0 radical (unpaired) electrons. The summed E-state index contributed by atoms with van der Waals surface area (Å²) in [6.45, 7) is 4.14. The van der Waals surface area contributed by atoms with Gasteiger partial charge in [0, 0.05) is 23.7 Å². The van der Waals surface area contributed by atoms with Crippen LogP contribution in [-0.4, -0.2) is 36.7 Å². The molecule has 146 valence electrons. The molecule has 0 spiro atoms. The van der Waals surface area contributed by atoms with Gasteiger partial charge in [0.15, 0.2) is 0 Å². The van der Waals surface area contributed by atoms with Crippen LogP contribution in [0.4, 0.5) is 5.82 Å². The number of hydrogen-bond donors (Lipinski definition) is 1. The second kappa shape index (κ2) is 9.09. The lowest BCUT2D eigenvalue weighted by molar-refractivity contribution is 0.154. The first kappa shape index (κ1) is 19.5. The van der Waals surface area contributed by atoms with E-state index in [4.69, 9.17) is 15.2 Å². The number of anilines is 1. The van der Waals surface area contributed by atoms with Gasteiger partial charge in [0.1, 0.15) is 17.3 Å². The van der Waals surface area contributed by atoms with Crippen molar-refractivity contribution in [3.05, 3.63) is 35.9 Å². The molecule has 3 rings (SSSR count). The third-order valence-corrected chi connectivity index (χ3v) is 5.52. The second-order valence-electron chi connectivity index (χ2n) is 7.17. The number of hydrogen-bond acceptors (Lipinski definition) is 5. The van der Waals surface area contributed by atoms with E-state index in [1.807, 2.05) is 18.2 Å². The predicted octanol–water partition coefficient (Wildman–Crippen LogP) is 4.50. The van der Waals surface area contributed by atoms with Crippen LogP contribution in [0.5, 0.6) is 11.5 Å². The van der Waals surface area contributed by atoms with Gasteiger partial charge in [0.05, 0.1) is 19.9 Å². The fraction of sp³-hybridized carbons (Fsp3) is 0.500. The maximum atomic E-state index is 5.86. The molecule has 1 aliphatic rings. The number of ether oxygens (including phenoxy) is 2. The van der Waals surface area contributed by atoms with E-state index >= 15 is 0 Å². The van der Waals surface area contributed by atoms with Crippen molar-refractivity contribution in [1.29, 1.82) is 0 Å². The fourth-order valence-electron chi connectivity index (χ4n) is 4.05. The van der Waals surface area contributed by atoms with Crippen LogP contribution in [-0.2, 0) is 6.54 Å². The number of rotatable bonds is 7. The van der Waals surface area contributed by atoms with Crippen LogP contribution < -0.4 is 15.2 Å². The Hall–Kier alpha value is -2.27. The highest BCUT2D eigenvalue weighted by Gasteiger charge is 2.22. The van der Waals surface area contributed by atoms with Gasteiger partial charge in [-0.3, -0.25) is 4.90 Å². The number of nitrogens with two attached hydrogens (primary N) is 1. The lowest BCUT2D eigenvalue weighted by Gasteiger charge is -2.34. The van der Waals surface area contributed by atoms with Crippen molar-refractivity contribution in [2.75, 3.05) is 26.5 Å². The Kier molecular flexibility index (Phi) is 6.56. The Bertz CT molecular complexity index is 757. The molecule has 2 N–H and O–H groups in total. The molecule has 27 heavy (non-hydrogen) atoms. The standard InChI is InChI=1S/C22H31N3O2/c1-4-25(17-9-6-5-7-10-17)15-16-13-21(27-3)18(14-20(16)26-2)19-11-8-12-22(23)24-19/h8,11-14,17H,4-7,9-10,15H2,1-3H3,(H2,23,24). The van der Waals surface area contributed by atoms with E-state index < -0.39 is 0 Å². The van der Waals surface area contributed by atoms with E-state index in [1.54, 1.807) is 20.3 Å². The summed E-state index contributed by atoms with van der Waals surface area (Å²) in [6.07, 6.45) is 6.62. The first-order chi connectivity index (χ1) is 13.2.